The Morgan fingerprint density at radius 3 is 2.60 bits per heavy atom. The molecule has 0 fully saturated rings. The molecular weight excluding hydrogens is 388 g/mol. The number of hydrogen-bond donors (Lipinski definition) is 0. The second-order valence-corrected chi connectivity index (χ2v) is 6.99. The quantitative estimate of drug-likeness (QED) is 0.361. The van der Waals surface area contributed by atoms with E-state index in [1.54, 1.807) is 11.0 Å². The molecule has 0 unspecified atom stereocenters. The zero-order valence-corrected chi connectivity index (χ0v) is 16.1. The maximum atomic E-state index is 12.6. The Balaban J connectivity index is 1.40. The van der Waals surface area contributed by atoms with Crippen LogP contribution in [-0.4, -0.2) is 29.4 Å². The van der Waals surface area contributed by atoms with Gasteiger partial charge < -0.3 is 14.1 Å². The number of hydrogen-bond acceptors (Lipinski definition) is 6. The second-order valence-electron chi connectivity index (χ2n) is 6.99. The van der Waals surface area contributed by atoms with Crippen molar-refractivity contribution >= 4 is 23.3 Å². The van der Waals surface area contributed by atoms with Crippen LogP contribution in [0.5, 0.6) is 0 Å². The molecule has 0 saturated carbocycles. The molecule has 4 rings (SSSR count). The number of rotatable bonds is 5. The van der Waals surface area contributed by atoms with Crippen molar-refractivity contribution < 1.29 is 23.7 Å². The summed E-state index contributed by atoms with van der Waals surface area (Å²) in [6.45, 7) is 1.55. The number of anilines is 1. The van der Waals surface area contributed by atoms with Crippen LogP contribution >= 0.6 is 0 Å². The zero-order valence-electron chi connectivity index (χ0n) is 16.1. The summed E-state index contributed by atoms with van der Waals surface area (Å²) in [4.78, 5) is 36.8. The number of furan rings is 1. The summed E-state index contributed by atoms with van der Waals surface area (Å²) in [7, 11) is 0. The van der Waals surface area contributed by atoms with Crippen molar-refractivity contribution in [2.45, 2.75) is 19.4 Å². The largest absolute Gasteiger partial charge is 0.450 e. The molecule has 2 heterocycles. The summed E-state index contributed by atoms with van der Waals surface area (Å²) in [6.07, 6.45) is 0.757. The highest BCUT2D eigenvalue weighted by molar-refractivity contribution is 5.98. The summed E-state index contributed by atoms with van der Waals surface area (Å²) in [5, 5.41) is 10.7. The van der Waals surface area contributed by atoms with Crippen molar-refractivity contribution in [1.82, 2.24) is 0 Å². The molecule has 0 spiro atoms. The molecule has 152 valence electrons. The molecule has 1 aliphatic heterocycles. The zero-order chi connectivity index (χ0) is 21.3. The van der Waals surface area contributed by atoms with Gasteiger partial charge in [-0.25, -0.2) is 4.79 Å². The standard InChI is InChI=1S/C22H18N2O6/c1-14-12-16-4-2-3-5-18(16)23(14)21(25)13-29-22(26)20-11-10-19(30-20)15-6-8-17(9-7-15)24(27)28/h2-11,14H,12-13H2,1H3/t14-/m0/s1. The van der Waals surface area contributed by atoms with Gasteiger partial charge in [-0.1, -0.05) is 18.2 Å². The molecule has 0 bridgehead atoms. The van der Waals surface area contributed by atoms with E-state index in [1.807, 2.05) is 31.2 Å². The van der Waals surface area contributed by atoms with Gasteiger partial charge >= 0.3 is 5.97 Å². The minimum absolute atomic E-state index is 0.00838. The van der Waals surface area contributed by atoms with Gasteiger partial charge in [-0.2, -0.15) is 0 Å². The monoisotopic (exact) mass is 406 g/mol. The van der Waals surface area contributed by atoms with Crippen molar-refractivity contribution in [3.8, 4) is 11.3 Å². The van der Waals surface area contributed by atoms with Crippen LogP contribution in [0.3, 0.4) is 0 Å². The molecule has 8 heteroatoms. The number of nitro groups is 1. The van der Waals surface area contributed by atoms with Crippen molar-refractivity contribution in [2.24, 2.45) is 0 Å². The van der Waals surface area contributed by atoms with E-state index in [2.05, 4.69) is 0 Å². The van der Waals surface area contributed by atoms with Gasteiger partial charge in [-0.05, 0) is 49.2 Å². The van der Waals surface area contributed by atoms with Crippen LogP contribution in [-0.2, 0) is 16.0 Å². The van der Waals surface area contributed by atoms with Gasteiger partial charge in [-0.15, -0.1) is 0 Å². The Hall–Kier alpha value is -3.94. The fourth-order valence-corrected chi connectivity index (χ4v) is 3.56. The molecule has 1 atom stereocenters. The van der Waals surface area contributed by atoms with Crippen LogP contribution in [0.2, 0.25) is 0 Å². The molecule has 8 nitrogen and oxygen atoms in total. The number of amides is 1. The summed E-state index contributed by atoms with van der Waals surface area (Å²) in [5.74, 6) is -0.740. The highest BCUT2D eigenvalue weighted by Gasteiger charge is 2.31. The Kier molecular flexibility index (Phi) is 5.05. The first-order valence-corrected chi connectivity index (χ1v) is 9.36. The number of para-hydroxylation sites is 1. The van der Waals surface area contributed by atoms with Gasteiger partial charge in [-0.3, -0.25) is 14.9 Å². The minimum Gasteiger partial charge on any atom is -0.450 e. The first-order valence-electron chi connectivity index (χ1n) is 9.36. The van der Waals surface area contributed by atoms with Gasteiger partial charge in [0.05, 0.1) is 4.92 Å². The van der Waals surface area contributed by atoms with Crippen LogP contribution in [0.1, 0.15) is 23.0 Å². The van der Waals surface area contributed by atoms with Gasteiger partial charge in [0, 0.05) is 29.4 Å². The van der Waals surface area contributed by atoms with Gasteiger partial charge in [0.2, 0.25) is 5.76 Å². The normalized spacial score (nSPS) is 15.0. The minimum atomic E-state index is -0.753. The van der Waals surface area contributed by atoms with E-state index in [4.69, 9.17) is 9.15 Å². The Morgan fingerprint density at radius 2 is 1.87 bits per heavy atom. The lowest BCUT2D eigenvalue weighted by atomic mass is 10.1. The number of ether oxygens (including phenoxy) is 1. The third kappa shape index (κ3) is 3.67. The maximum absolute atomic E-state index is 12.6. The number of fused-ring (bicyclic) bond motifs is 1. The SMILES string of the molecule is C[C@H]1Cc2ccccc2N1C(=O)COC(=O)c1ccc(-c2ccc([N+](=O)[O-])cc2)o1. The number of benzene rings is 2. The molecule has 1 aliphatic rings. The Labute approximate surface area is 171 Å². The molecule has 30 heavy (non-hydrogen) atoms. The van der Waals surface area contributed by atoms with E-state index in [0.717, 1.165) is 17.7 Å². The lowest BCUT2D eigenvalue weighted by Crippen LogP contribution is -2.38. The lowest BCUT2D eigenvalue weighted by molar-refractivity contribution is -0.384. The van der Waals surface area contributed by atoms with E-state index in [1.165, 1.54) is 30.3 Å². The van der Waals surface area contributed by atoms with Crippen LogP contribution in [0.15, 0.2) is 65.1 Å². The second kappa shape index (κ2) is 7.82. The average molecular weight is 406 g/mol. The highest BCUT2D eigenvalue weighted by atomic mass is 16.6. The van der Waals surface area contributed by atoms with Gasteiger partial charge in [0.25, 0.3) is 11.6 Å². The van der Waals surface area contributed by atoms with Crippen LogP contribution in [0.25, 0.3) is 11.3 Å². The van der Waals surface area contributed by atoms with Crippen molar-refractivity contribution in [2.75, 3.05) is 11.5 Å². The number of carbonyl (C=O) groups is 2. The molecule has 0 aliphatic carbocycles. The van der Waals surface area contributed by atoms with E-state index < -0.39 is 17.5 Å². The summed E-state index contributed by atoms with van der Waals surface area (Å²) >= 11 is 0. The lowest BCUT2D eigenvalue weighted by Gasteiger charge is -2.22. The van der Waals surface area contributed by atoms with Crippen molar-refractivity contribution in [3.05, 3.63) is 82.1 Å². The van der Waals surface area contributed by atoms with Gasteiger partial charge in [0.1, 0.15) is 5.76 Å². The van der Waals surface area contributed by atoms with E-state index in [9.17, 15) is 19.7 Å². The molecular formula is C22H18N2O6. The van der Waals surface area contributed by atoms with E-state index >= 15 is 0 Å². The molecule has 2 aromatic carbocycles. The smallest absolute Gasteiger partial charge is 0.374 e. The van der Waals surface area contributed by atoms with Crippen molar-refractivity contribution in [3.63, 3.8) is 0 Å². The number of carbonyl (C=O) groups excluding carboxylic acids is 2. The summed E-state index contributed by atoms with van der Waals surface area (Å²) in [6, 6.07) is 16.4. The highest BCUT2D eigenvalue weighted by Crippen LogP contribution is 2.32. The Bertz CT molecular complexity index is 1120. The summed E-state index contributed by atoms with van der Waals surface area (Å²) < 4.78 is 10.6. The first kappa shape index (κ1) is 19.4. The van der Waals surface area contributed by atoms with Crippen LogP contribution < -0.4 is 4.90 Å². The number of esters is 1. The molecule has 0 saturated heterocycles. The predicted octanol–water partition coefficient (Wildman–Crippen LogP) is 3.99. The topological polar surface area (TPSA) is 103 Å². The predicted molar refractivity (Wildman–Crippen MR) is 108 cm³/mol. The fraction of sp³-hybridized carbons (Fsp3) is 0.182. The molecule has 1 aromatic heterocycles. The molecule has 0 N–H and O–H groups in total. The van der Waals surface area contributed by atoms with Crippen molar-refractivity contribution in [1.29, 1.82) is 0 Å². The molecule has 1 amide bonds. The van der Waals surface area contributed by atoms with Gasteiger partial charge in [0.15, 0.2) is 6.61 Å². The maximum Gasteiger partial charge on any atom is 0.374 e. The molecule has 0 radical (unpaired) electrons. The first-order chi connectivity index (χ1) is 14.4. The Morgan fingerprint density at radius 1 is 1.13 bits per heavy atom. The average Bonchev–Trinajstić information content (AvgIpc) is 3.36. The van der Waals surface area contributed by atoms with E-state index in [-0.39, 0.29) is 23.4 Å². The summed E-state index contributed by atoms with van der Waals surface area (Å²) in [5.41, 5.74) is 2.47. The third-order valence-electron chi connectivity index (χ3n) is 4.97. The number of nitro benzene ring substituents is 1. The van der Waals surface area contributed by atoms with Crippen LogP contribution in [0.4, 0.5) is 11.4 Å². The number of nitrogens with zero attached hydrogens (tertiary/aromatic N) is 2. The number of non-ortho nitro benzene ring substituents is 1. The molecule has 3 aromatic rings. The third-order valence-corrected chi connectivity index (χ3v) is 4.97. The van der Waals surface area contributed by atoms with E-state index in [0.29, 0.717) is 11.3 Å². The fourth-order valence-electron chi connectivity index (χ4n) is 3.56. The van der Waals surface area contributed by atoms with Crippen LogP contribution in [0, 0.1) is 10.1 Å².